The summed E-state index contributed by atoms with van der Waals surface area (Å²) in [5, 5.41) is 13.5. The molecule has 0 radical (unpaired) electrons. The van der Waals surface area contributed by atoms with Gasteiger partial charge in [0.05, 0.1) is 0 Å². The average Bonchev–Trinajstić information content (AvgIpc) is 3.27. The second-order valence-electron chi connectivity index (χ2n) is 10.9. The van der Waals surface area contributed by atoms with Gasteiger partial charge >= 0.3 is 0 Å². The van der Waals surface area contributed by atoms with Crippen molar-refractivity contribution in [2.45, 2.75) is 70.2 Å². The lowest BCUT2D eigenvalue weighted by atomic mass is 9.96. The zero-order valence-corrected chi connectivity index (χ0v) is 21.6. The number of nitrogens with one attached hydrogen (secondary N) is 4. The predicted octanol–water partition coefficient (Wildman–Crippen LogP) is 3.54. The van der Waals surface area contributed by atoms with Crippen LogP contribution in [-0.2, 0) is 4.74 Å². The molecule has 6 nitrogen and oxygen atoms in total. The van der Waals surface area contributed by atoms with Crippen molar-refractivity contribution in [3.05, 3.63) is 58.6 Å². The highest BCUT2D eigenvalue weighted by molar-refractivity contribution is 5.38. The lowest BCUT2D eigenvalue weighted by Gasteiger charge is -2.31. The zero-order valence-electron chi connectivity index (χ0n) is 21.6. The van der Waals surface area contributed by atoms with Crippen LogP contribution in [0.5, 0.6) is 0 Å². The molecule has 2 saturated heterocycles. The van der Waals surface area contributed by atoms with E-state index in [0.717, 1.165) is 64.1 Å². The third kappa shape index (κ3) is 6.00. The lowest BCUT2D eigenvalue weighted by Crippen LogP contribution is -2.49. The molecule has 8 heteroatoms. The molecular weight excluding hydrogens is 460 g/mol. The Morgan fingerprint density at radius 1 is 1.11 bits per heavy atom. The standard InChI is InChI=1S/C28H41F2N5O/c1-18-4-3-11-32-28(34-21-7-5-20(6-8-21)17-35-14-12-31-13-15-35)26(30)27(18)36-24-10-9-23-22(25(24)29)16-19(2)33-23/h5-7,10,18-19,21,23,28,31-34H,3-4,8-9,11-17H2,1-2H3/b27-26-/t18?,19-,21+,23+,28-/m1/s1. The summed E-state index contributed by atoms with van der Waals surface area (Å²) in [5.41, 5.74) is 2.07. The number of rotatable bonds is 6. The van der Waals surface area contributed by atoms with Crippen LogP contribution in [0.2, 0.25) is 0 Å². The maximum absolute atomic E-state index is 16.0. The normalized spacial score (nSPS) is 36.2. The quantitative estimate of drug-likeness (QED) is 0.447. The predicted molar refractivity (Wildman–Crippen MR) is 139 cm³/mol. The van der Waals surface area contributed by atoms with E-state index in [1.54, 1.807) is 6.08 Å². The topological polar surface area (TPSA) is 60.6 Å². The number of nitrogens with zero attached hydrogens (tertiary/aromatic N) is 1. The molecule has 36 heavy (non-hydrogen) atoms. The Labute approximate surface area is 214 Å². The van der Waals surface area contributed by atoms with Gasteiger partial charge in [-0.2, -0.15) is 0 Å². The number of piperazine rings is 1. The van der Waals surface area contributed by atoms with Crippen LogP contribution in [0.4, 0.5) is 8.78 Å². The van der Waals surface area contributed by atoms with Gasteiger partial charge in [0.25, 0.3) is 0 Å². The van der Waals surface area contributed by atoms with Crippen LogP contribution in [0.3, 0.4) is 0 Å². The maximum atomic E-state index is 16.0. The van der Waals surface area contributed by atoms with E-state index in [4.69, 9.17) is 4.74 Å². The van der Waals surface area contributed by atoms with Gasteiger partial charge in [0.1, 0.15) is 11.9 Å². The Morgan fingerprint density at radius 2 is 1.94 bits per heavy atom. The molecule has 1 unspecified atom stereocenters. The molecule has 3 heterocycles. The highest BCUT2D eigenvalue weighted by Gasteiger charge is 2.35. The number of halogens is 2. The van der Waals surface area contributed by atoms with Crippen molar-refractivity contribution in [1.29, 1.82) is 0 Å². The minimum absolute atomic E-state index is 0.0237. The van der Waals surface area contributed by atoms with Crippen molar-refractivity contribution >= 4 is 0 Å². The molecule has 0 saturated carbocycles. The van der Waals surface area contributed by atoms with Gasteiger partial charge in [-0.1, -0.05) is 25.2 Å². The summed E-state index contributed by atoms with van der Waals surface area (Å²) in [7, 11) is 0. The summed E-state index contributed by atoms with van der Waals surface area (Å²) < 4.78 is 37.3. The largest absolute Gasteiger partial charge is 0.456 e. The Bertz CT molecular complexity index is 965. The highest BCUT2D eigenvalue weighted by atomic mass is 19.1. The SMILES string of the molecule is CC1CCCN[C@H](N[C@H]2C=CC(CN3CCNCC3)=CC2)/C(F)=C\1OC1=CC[C@@H]2N[C@H](C)CC2=C1F. The zero-order chi connectivity index (χ0) is 25.1. The Hall–Kier alpha value is -1.84. The van der Waals surface area contributed by atoms with Gasteiger partial charge in [-0.3, -0.25) is 15.5 Å². The van der Waals surface area contributed by atoms with Gasteiger partial charge in [-0.05, 0) is 62.8 Å². The van der Waals surface area contributed by atoms with Crippen LogP contribution in [0, 0.1) is 5.92 Å². The van der Waals surface area contributed by atoms with E-state index in [2.05, 4.69) is 51.3 Å². The molecule has 5 atom stereocenters. The van der Waals surface area contributed by atoms with Crippen LogP contribution < -0.4 is 21.3 Å². The van der Waals surface area contributed by atoms with Gasteiger partial charge < -0.3 is 15.4 Å². The first-order valence-corrected chi connectivity index (χ1v) is 13.7. The number of allylic oxidation sites excluding steroid dienone is 2. The van der Waals surface area contributed by atoms with E-state index in [1.165, 1.54) is 5.57 Å². The van der Waals surface area contributed by atoms with E-state index in [1.807, 2.05) is 6.92 Å². The van der Waals surface area contributed by atoms with Gasteiger partial charge in [0.15, 0.2) is 17.4 Å². The fraction of sp³-hybridized carbons (Fsp3) is 0.643. The molecule has 0 spiro atoms. The van der Waals surface area contributed by atoms with Crippen molar-refractivity contribution in [3.8, 4) is 0 Å². The maximum Gasteiger partial charge on any atom is 0.170 e. The van der Waals surface area contributed by atoms with Gasteiger partial charge in [-0.15, -0.1) is 0 Å². The molecule has 2 aliphatic carbocycles. The number of fused-ring (bicyclic) bond motifs is 1. The summed E-state index contributed by atoms with van der Waals surface area (Å²) in [6, 6.07) is 0.294. The minimum Gasteiger partial charge on any atom is -0.456 e. The Balaban J connectivity index is 1.26. The van der Waals surface area contributed by atoms with Crippen molar-refractivity contribution in [1.82, 2.24) is 26.2 Å². The molecule has 2 fully saturated rings. The first kappa shape index (κ1) is 25.8. The molecule has 0 aromatic heterocycles. The third-order valence-electron chi connectivity index (χ3n) is 7.96. The van der Waals surface area contributed by atoms with E-state index in [-0.39, 0.29) is 47.2 Å². The molecule has 3 aliphatic heterocycles. The van der Waals surface area contributed by atoms with Crippen molar-refractivity contribution < 1.29 is 13.5 Å². The monoisotopic (exact) mass is 501 g/mol. The Kier molecular flexibility index (Phi) is 8.38. The van der Waals surface area contributed by atoms with Crippen LogP contribution in [0.15, 0.2) is 58.6 Å². The first-order valence-electron chi connectivity index (χ1n) is 13.7. The summed E-state index contributed by atoms with van der Waals surface area (Å²) in [6.45, 7) is 9.92. The van der Waals surface area contributed by atoms with Crippen molar-refractivity contribution in [2.24, 2.45) is 5.92 Å². The average molecular weight is 502 g/mol. The van der Waals surface area contributed by atoms with Crippen LogP contribution >= 0.6 is 0 Å². The van der Waals surface area contributed by atoms with E-state index in [0.29, 0.717) is 12.8 Å². The third-order valence-corrected chi connectivity index (χ3v) is 7.96. The highest BCUT2D eigenvalue weighted by Crippen LogP contribution is 2.37. The van der Waals surface area contributed by atoms with Crippen LogP contribution in [-0.4, -0.2) is 68.5 Å². The molecule has 0 aromatic rings. The minimum atomic E-state index is -0.665. The number of hydrogen-bond donors (Lipinski definition) is 4. The summed E-state index contributed by atoms with van der Waals surface area (Å²) in [6.07, 6.45) is 11.5. The van der Waals surface area contributed by atoms with Crippen molar-refractivity contribution in [2.75, 3.05) is 39.3 Å². The molecule has 4 N–H and O–H groups in total. The summed E-state index contributed by atoms with van der Waals surface area (Å²) >= 11 is 0. The van der Waals surface area contributed by atoms with E-state index >= 15 is 8.78 Å². The molecule has 0 aromatic carbocycles. The second-order valence-corrected chi connectivity index (χ2v) is 10.9. The smallest absolute Gasteiger partial charge is 0.170 e. The van der Waals surface area contributed by atoms with Crippen molar-refractivity contribution in [3.63, 3.8) is 0 Å². The Morgan fingerprint density at radius 3 is 2.72 bits per heavy atom. The molecule has 5 rings (SSSR count). The molecule has 198 valence electrons. The lowest BCUT2D eigenvalue weighted by molar-refractivity contribution is 0.207. The molecule has 0 bridgehead atoms. The first-order chi connectivity index (χ1) is 17.5. The van der Waals surface area contributed by atoms with Gasteiger partial charge in [0, 0.05) is 56.8 Å². The van der Waals surface area contributed by atoms with Gasteiger partial charge in [0.2, 0.25) is 0 Å². The summed E-state index contributed by atoms with van der Waals surface area (Å²) in [4.78, 5) is 2.46. The molecule has 0 amide bonds. The molecular formula is C28H41F2N5O. The van der Waals surface area contributed by atoms with E-state index in [9.17, 15) is 0 Å². The number of hydrogen-bond acceptors (Lipinski definition) is 6. The molecule has 5 aliphatic rings. The fourth-order valence-corrected chi connectivity index (χ4v) is 5.89. The van der Waals surface area contributed by atoms with Gasteiger partial charge in [-0.25, -0.2) is 8.78 Å². The second kappa shape index (κ2) is 11.7. The van der Waals surface area contributed by atoms with Crippen LogP contribution in [0.25, 0.3) is 0 Å². The number of ether oxygens (including phenoxy) is 1. The summed E-state index contributed by atoms with van der Waals surface area (Å²) in [5.74, 6) is -0.404. The fourth-order valence-electron chi connectivity index (χ4n) is 5.89. The van der Waals surface area contributed by atoms with E-state index < -0.39 is 6.17 Å². The van der Waals surface area contributed by atoms with Crippen LogP contribution in [0.1, 0.15) is 46.0 Å².